The van der Waals surface area contributed by atoms with E-state index in [1.54, 1.807) is 0 Å². The van der Waals surface area contributed by atoms with Gasteiger partial charge in [-0.2, -0.15) is 0 Å². The van der Waals surface area contributed by atoms with Gasteiger partial charge in [-0.3, -0.25) is 4.79 Å². The predicted molar refractivity (Wildman–Crippen MR) is 75.7 cm³/mol. The van der Waals surface area contributed by atoms with Crippen molar-refractivity contribution >= 4 is 22.7 Å². The molecule has 1 N–H and O–H groups in total. The van der Waals surface area contributed by atoms with Crippen LogP contribution in [-0.2, 0) is 9.53 Å². The van der Waals surface area contributed by atoms with Crippen LogP contribution in [0.2, 0.25) is 0 Å². The highest BCUT2D eigenvalue weighted by Gasteiger charge is 2.23. The first-order valence-electron chi connectivity index (χ1n) is 6.92. The maximum absolute atomic E-state index is 12.0. The maximum Gasteiger partial charge on any atom is 0.229 e. The standard InChI is InChI=1S/C15H18N2O3/c1-9(2)15-17-12-7-11(3-4-13(12)20-15)16-14(18)10-5-6-19-8-10/h3-4,7,9-10H,5-6,8H2,1-2H3,(H,16,18). The van der Waals surface area contributed by atoms with E-state index in [9.17, 15) is 4.79 Å². The Morgan fingerprint density at radius 2 is 2.30 bits per heavy atom. The molecule has 2 aromatic rings. The van der Waals surface area contributed by atoms with Crippen LogP contribution in [0.3, 0.4) is 0 Å². The van der Waals surface area contributed by atoms with Crippen molar-refractivity contribution in [2.24, 2.45) is 5.92 Å². The van der Waals surface area contributed by atoms with Crippen LogP contribution in [0.1, 0.15) is 32.1 Å². The fraction of sp³-hybridized carbons (Fsp3) is 0.467. The van der Waals surface area contributed by atoms with Crippen molar-refractivity contribution in [1.82, 2.24) is 4.98 Å². The predicted octanol–water partition coefficient (Wildman–Crippen LogP) is 2.93. The zero-order chi connectivity index (χ0) is 14.1. The van der Waals surface area contributed by atoms with Crippen molar-refractivity contribution in [3.63, 3.8) is 0 Å². The number of hydrogen-bond donors (Lipinski definition) is 1. The average molecular weight is 274 g/mol. The molecular formula is C15H18N2O3. The summed E-state index contributed by atoms with van der Waals surface area (Å²) in [6, 6.07) is 5.53. The zero-order valence-electron chi connectivity index (χ0n) is 11.7. The molecule has 2 heterocycles. The molecule has 5 heteroatoms. The number of benzene rings is 1. The molecule has 5 nitrogen and oxygen atoms in total. The highest BCUT2D eigenvalue weighted by Crippen LogP contribution is 2.24. The molecule has 0 saturated carbocycles. The number of amides is 1. The summed E-state index contributed by atoms with van der Waals surface area (Å²) in [6.45, 7) is 5.24. The SMILES string of the molecule is CC(C)c1nc2cc(NC(=O)C3CCOC3)ccc2o1. The monoisotopic (exact) mass is 274 g/mol. The molecule has 1 unspecified atom stereocenters. The first-order chi connectivity index (χ1) is 9.63. The number of ether oxygens (including phenoxy) is 1. The fourth-order valence-electron chi connectivity index (χ4n) is 2.26. The number of carbonyl (C=O) groups excluding carboxylic acids is 1. The van der Waals surface area contributed by atoms with Crippen molar-refractivity contribution in [3.05, 3.63) is 24.1 Å². The van der Waals surface area contributed by atoms with Gasteiger partial charge in [-0.05, 0) is 24.6 Å². The second kappa shape index (κ2) is 5.25. The Labute approximate surface area is 117 Å². The van der Waals surface area contributed by atoms with Crippen molar-refractivity contribution in [2.45, 2.75) is 26.2 Å². The van der Waals surface area contributed by atoms with E-state index in [0.717, 1.165) is 23.2 Å². The lowest BCUT2D eigenvalue weighted by atomic mass is 10.1. The molecule has 1 aliphatic rings. The zero-order valence-corrected chi connectivity index (χ0v) is 11.7. The summed E-state index contributed by atoms with van der Waals surface area (Å²) in [5, 5.41) is 2.91. The van der Waals surface area contributed by atoms with E-state index in [2.05, 4.69) is 10.3 Å². The molecule has 1 aromatic heterocycles. The summed E-state index contributed by atoms with van der Waals surface area (Å²) in [5.41, 5.74) is 2.27. The lowest BCUT2D eigenvalue weighted by Gasteiger charge is -2.08. The minimum atomic E-state index is -0.0470. The number of aromatic nitrogens is 1. The van der Waals surface area contributed by atoms with Gasteiger partial charge in [0.25, 0.3) is 0 Å². The van der Waals surface area contributed by atoms with E-state index in [1.165, 1.54) is 0 Å². The van der Waals surface area contributed by atoms with E-state index in [-0.39, 0.29) is 17.7 Å². The van der Waals surface area contributed by atoms with Crippen molar-refractivity contribution in [1.29, 1.82) is 0 Å². The lowest BCUT2D eigenvalue weighted by molar-refractivity contribution is -0.119. The van der Waals surface area contributed by atoms with Crippen LogP contribution in [0.15, 0.2) is 22.6 Å². The second-order valence-corrected chi connectivity index (χ2v) is 5.44. The molecule has 0 spiro atoms. The fourth-order valence-corrected chi connectivity index (χ4v) is 2.26. The largest absolute Gasteiger partial charge is 0.440 e. The molecule has 106 valence electrons. The van der Waals surface area contributed by atoms with Crippen LogP contribution in [0.5, 0.6) is 0 Å². The molecule has 1 saturated heterocycles. The Morgan fingerprint density at radius 3 is 3.00 bits per heavy atom. The van der Waals surface area contributed by atoms with Crippen LogP contribution >= 0.6 is 0 Å². The summed E-state index contributed by atoms with van der Waals surface area (Å²) in [7, 11) is 0. The van der Waals surface area contributed by atoms with Gasteiger partial charge < -0.3 is 14.5 Å². The average Bonchev–Trinajstić information content (AvgIpc) is 3.07. The summed E-state index contributed by atoms with van der Waals surface area (Å²) >= 11 is 0. The Morgan fingerprint density at radius 1 is 1.45 bits per heavy atom. The Balaban J connectivity index is 1.79. The normalized spacial score (nSPS) is 18.9. The third-order valence-corrected chi connectivity index (χ3v) is 3.47. The molecule has 1 atom stereocenters. The van der Waals surface area contributed by atoms with E-state index in [4.69, 9.17) is 9.15 Å². The Kier molecular flexibility index (Phi) is 3.44. The number of nitrogens with one attached hydrogen (secondary N) is 1. The van der Waals surface area contributed by atoms with Crippen LogP contribution in [0.4, 0.5) is 5.69 Å². The molecule has 20 heavy (non-hydrogen) atoms. The second-order valence-electron chi connectivity index (χ2n) is 5.44. The highest BCUT2D eigenvalue weighted by atomic mass is 16.5. The van der Waals surface area contributed by atoms with Gasteiger partial charge in [0.05, 0.1) is 12.5 Å². The van der Waals surface area contributed by atoms with Gasteiger partial charge >= 0.3 is 0 Å². The third kappa shape index (κ3) is 2.54. The summed E-state index contributed by atoms with van der Waals surface area (Å²) in [4.78, 5) is 16.5. The van der Waals surface area contributed by atoms with E-state index in [0.29, 0.717) is 19.1 Å². The van der Waals surface area contributed by atoms with Crippen molar-refractivity contribution in [2.75, 3.05) is 18.5 Å². The third-order valence-electron chi connectivity index (χ3n) is 3.47. The number of nitrogens with zero attached hydrogens (tertiary/aromatic N) is 1. The van der Waals surface area contributed by atoms with Crippen LogP contribution in [0.25, 0.3) is 11.1 Å². The number of oxazole rings is 1. The quantitative estimate of drug-likeness (QED) is 0.934. The number of hydrogen-bond acceptors (Lipinski definition) is 4. The van der Waals surface area contributed by atoms with Gasteiger partial charge in [0, 0.05) is 18.2 Å². The Bertz CT molecular complexity index is 627. The van der Waals surface area contributed by atoms with Gasteiger partial charge in [-0.15, -0.1) is 0 Å². The van der Waals surface area contributed by atoms with Gasteiger partial charge in [-0.1, -0.05) is 13.8 Å². The van der Waals surface area contributed by atoms with E-state index < -0.39 is 0 Å². The molecule has 0 radical (unpaired) electrons. The highest BCUT2D eigenvalue weighted by molar-refractivity contribution is 5.94. The maximum atomic E-state index is 12.0. The minimum absolute atomic E-state index is 0.00873. The van der Waals surface area contributed by atoms with Crippen molar-refractivity contribution < 1.29 is 13.9 Å². The van der Waals surface area contributed by atoms with E-state index >= 15 is 0 Å². The molecule has 3 rings (SSSR count). The number of fused-ring (bicyclic) bond motifs is 1. The molecule has 1 aromatic carbocycles. The Hall–Kier alpha value is -1.88. The van der Waals surface area contributed by atoms with Gasteiger partial charge in [-0.25, -0.2) is 4.98 Å². The summed E-state index contributed by atoms with van der Waals surface area (Å²) in [6.07, 6.45) is 0.787. The summed E-state index contributed by atoms with van der Waals surface area (Å²) < 4.78 is 10.9. The summed E-state index contributed by atoms with van der Waals surface area (Å²) in [5.74, 6) is 0.924. The lowest BCUT2D eigenvalue weighted by Crippen LogP contribution is -2.22. The molecule has 1 amide bonds. The van der Waals surface area contributed by atoms with E-state index in [1.807, 2.05) is 32.0 Å². The van der Waals surface area contributed by atoms with Crippen LogP contribution < -0.4 is 5.32 Å². The minimum Gasteiger partial charge on any atom is -0.440 e. The first-order valence-corrected chi connectivity index (χ1v) is 6.92. The number of carbonyl (C=O) groups is 1. The molecular weight excluding hydrogens is 256 g/mol. The van der Waals surface area contributed by atoms with Gasteiger partial charge in [0.2, 0.25) is 5.91 Å². The number of rotatable bonds is 3. The van der Waals surface area contributed by atoms with Crippen LogP contribution in [0, 0.1) is 5.92 Å². The first kappa shape index (κ1) is 13.1. The van der Waals surface area contributed by atoms with Crippen LogP contribution in [-0.4, -0.2) is 24.1 Å². The molecule has 0 aliphatic carbocycles. The van der Waals surface area contributed by atoms with Crippen molar-refractivity contribution in [3.8, 4) is 0 Å². The topological polar surface area (TPSA) is 64.4 Å². The molecule has 1 fully saturated rings. The van der Waals surface area contributed by atoms with Gasteiger partial charge in [0.15, 0.2) is 11.5 Å². The van der Waals surface area contributed by atoms with Gasteiger partial charge in [0.1, 0.15) is 5.52 Å². The smallest absolute Gasteiger partial charge is 0.229 e. The number of anilines is 1. The molecule has 0 bridgehead atoms. The molecule has 1 aliphatic heterocycles.